The summed E-state index contributed by atoms with van der Waals surface area (Å²) in [4.78, 5) is 22.5. The molecule has 108 valence electrons. The van der Waals surface area contributed by atoms with Gasteiger partial charge in [-0.05, 0) is 41.5 Å². The van der Waals surface area contributed by atoms with E-state index in [0.717, 1.165) is 0 Å². The van der Waals surface area contributed by atoms with Crippen molar-refractivity contribution >= 4 is 11.9 Å². The fourth-order valence-corrected chi connectivity index (χ4v) is 1.26. The molecule has 0 aromatic rings. The van der Waals surface area contributed by atoms with Crippen LogP contribution in [-0.4, -0.2) is 34.2 Å². The third-order valence-corrected chi connectivity index (χ3v) is 1.68. The van der Waals surface area contributed by atoms with Crippen molar-refractivity contribution in [3.05, 3.63) is 0 Å². The molecule has 0 amide bonds. The molecule has 0 aromatic carbocycles. The molecule has 0 rings (SSSR count). The maximum Gasteiger partial charge on any atom is 0.324 e. The third-order valence-electron chi connectivity index (χ3n) is 1.68. The topological polar surface area (TPSA) is 75.6 Å². The summed E-state index contributed by atoms with van der Waals surface area (Å²) in [6.45, 7) is 10.9. The highest BCUT2D eigenvalue weighted by molar-refractivity contribution is 5.82. The van der Waals surface area contributed by atoms with E-state index < -0.39 is 23.6 Å². The summed E-state index contributed by atoms with van der Waals surface area (Å²) in [5.74, 6) is -1.56. The van der Waals surface area contributed by atoms with Crippen molar-refractivity contribution in [3.8, 4) is 0 Å². The zero-order valence-corrected chi connectivity index (χ0v) is 11.5. The first kappa shape index (κ1) is 19.2. The Kier molecular flexibility index (Phi) is 7.20. The average molecular weight is 261 g/mol. The monoisotopic (exact) mass is 261 g/mol. The van der Waals surface area contributed by atoms with Gasteiger partial charge in [-0.2, -0.15) is 0 Å². The lowest BCUT2D eigenvalue weighted by molar-refractivity contribution is -0.160. The second kappa shape index (κ2) is 6.73. The largest absolute Gasteiger partial charge is 0.481 e. The molecule has 0 aromatic heterocycles. The smallest absolute Gasteiger partial charge is 0.324 e. The van der Waals surface area contributed by atoms with Gasteiger partial charge in [0, 0.05) is 5.54 Å². The predicted octanol–water partition coefficient (Wildman–Crippen LogP) is 2.20. The summed E-state index contributed by atoms with van der Waals surface area (Å²) in [6.07, 6.45) is -0.286. The second-order valence-electron chi connectivity index (χ2n) is 6.08. The van der Waals surface area contributed by atoms with Crippen molar-refractivity contribution in [2.75, 3.05) is 0 Å². The van der Waals surface area contributed by atoms with Gasteiger partial charge in [-0.1, -0.05) is 7.43 Å². The Morgan fingerprint density at radius 2 is 1.61 bits per heavy atom. The molecule has 2 N–H and O–H groups in total. The van der Waals surface area contributed by atoms with E-state index in [2.05, 4.69) is 5.32 Å². The molecule has 0 aliphatic rings. The minimum absolute atomic E-state index is 0. The van der Waals surface area contributed by atoms with Crippen LogP contribution in [0.1, 0.15) is 55.4 Å². The summed E-state index contributed by atoms with van der Waals surface area (Å²) in [5, 5.41) is 11.7. The highest BCUT2D eigenvalue weighted by Crippen LogP contribution is 2.12. The van der Waals surface area contributed by atoms with E-state index in [9.17, 15) is 9.59 Å². The number of nitrogens with one attached hydrogen (secondary N) is 1. The molecule has 1 unspecified atom stereocenters. The van der Waals surface area contributed by atoms with Gasteiger partial charge in [0.05, 0.1) is 6.42 Å². The first-order valence-electron chi connectivity index (χ1n) is 5.63. The van der Waals surface area contributed by atoms with E-state index in [1.54, 1.807) is 20.8 Å². The number of hydrogen-bond acceptors (Lipinski definition) is 4. The normalized spacial score (nSPS) is 13.4. The van der Waals surface area contributed by atoms with Crippen LogP contribution in [0.3, 0.4) is 0 Å². The minimum Gasteiger partial charge on any atom is -0.481 e. The molecule has 0 fully saturated rings. The van der Waals surface area contributed by atoms with Gasteiger partial charge in [-0.25, -0.2) is 0 Å². The number of hydrogen-bond donors (Lipinski definition) is 2. The summed E-state index contributed by atoms with van der Waals surface area (Å²) in [5.41, 5.74) is -0.968. The fourth-order valence-electron chi connectivity index (χ4n) is 1.26. The molecule has 0 spiro atoms. The van der Waals surface area contributed by atoms with Crippen molar-refractivity contribution in [3.63, 3.8) is 0 Å². The van der Waals surface area contributed by atoms with Crippen molar-refractivity contribution in [1.29, 1.82) is 0 Å². The molecule has 0 aliphatic heterocycles. The zero-order valence-electron chi connectivity index (χ0n) is 11.5. The maximum absolute atomic E-state index is 11.8. The molecule has 0 bridgehead atoms. The predicted molar refractivity (Wildman–Crippen MR) is 71.5 cm³/mol. The Labute approximate surface area is 110 Å². The number of carboxylic acid groups (broad SMARTS) is 1. The first-order chi connectivity index (χ1) is 7.41. The van der Waals surface area contributed by atoms with Crippen LogP contribution in [0.2, 0.25) is 0 Å². The van der Waals surface area contributed by atoms with E-state index >= 15 is 0 Å². The van der Waals surface area contributed by atoms with Gasteiger partial charge in [0.25, 0.3) is 0 Å². The molecule has 0 aliphatic carbocycles. The van der Waals surface area contributed by atoms with Crippen LogP contribution in [0.4, 0.5) is 0 Å². The molecule has 5 heteroatoms. The van der Waals surface area contributed by atoms with Crippen LogP contribution in [-0.2, 0) is 14.3 Å². The Morgan fingerprint density at radius 3 is 1.89 bits per heavy atom. The van der Waals surface area contributed by atoms with Gasteiger partial charge in [-0.3, -0.25) is 14.9 Å². The molecule has 0 heterocycles. The standard InChI is InChI=1S/C12H23NO4.CH4/c1-11(2,3)13-8(7-9(14)15)10(16)17-12(4,5)6;/h8,13H,7H2,1-6H3,(H,14,15);1H4. The number of aliphatic carboxylic acids is 1. The van der Waals surface area contributed by atoms with Gasteiger partial charge in [0.2, 0.25) is 0 Å². The molecule has 0 saturated heterocycles. The van der Waals surface area contributed by atoms with Gasteiger partial charge in [-0.15, -0.1) is 0 Å². The molecular weight excluding hydrogens is 234 g/mol. The Hall–Kier alpha value is -1.10. The number of carbonyl (C=O) groups is 2. The first-order valence-corrected chi connectivity index (χ1v) is 5.63. The molecule has 1 atom stereocenters. The Bertz CT molecular complexity index is 286. The van der Waals surface area contributed by atoms with Crippen LogP contribution < -0.4 is 5.32 Å². The number of carbonyl (C=O) groups excluding carboxylic acids is 1. The summed E-state index contributed by atoms with van der Waals surface area (Å²) in [7, 11) is 0. The second-order valence-corrected chi connectivity index (χ2v) is 6.08. The fraction of sp³-hybridized carbons (Fsp3) is 0.846. The van der Waals surface area contributed by atoms with E-state index in [0.29, 0.717) is 0 Å². The molecule has 0 saturated carbocycles. The summed E-state index contributed by atoms with van der Waals surface area (Å²) in [6, 6.07) is -0.827. The molecule has 5 nitrogen and oxygen atoms in total. The highest BCUT2D eigenvalue weighted by atomic mass is 16.6. The number of rotatable bonds is 4. The van der Waals surface area contributed by atoms with Gasteiger partial charge in [0.15, 0.2) is 0 Å². The molecule has 18 heavy (non-hydrogen) atoms. The van der Waals surface area contributed by atoms with E-state index in [4.69, 9.17) is 9.84 Å². The lowest BCUT2D eigenvalue weighted by Gasteiger charge is -2.29. The quantitative estimate of drug-likeness (QED) is 0.759. The van der Waals surface area contributed by atoms with Crippen molar-refractivity contribution < 1.29 is 19.4 Å². The summed E-state index contributed by atoms with van der Waals surface area (Å²) < 4.78 is 5.18. The van der Waals surface area contributed by atoms with Gasteiger partial charge < -0.3 is 9.84 Å². The van der Waals surface area contributed by atoms with E-state index in [1.165, 1.54) is 0 Å². The van der Waals surface area contributed by atoms with E-state index in [-0.39, 0.29) is 19.4 Å². The number of esters is 1. The Morgan fingerprint density at radius 1 is 1.17 bits per heavy atom. The van der Waals surface area contributed by atoms with E-state index in [1.807, 2.05) is 20.8 Å². The zero-order chi connectivity index (χ0) is 13.9. The highest BCUT2D eigenvalue weighted by Gasteiger charge is 2.30. The number of carboxylic acids is 1. The number of ether oxygens (including phenoxy) is 1. The SMILES string of the molecule is C.CC(C)(C)NC(CC(=O)O)C(=O)OC(C)(C)C. The van der Waals surface area contributed by atoms with Crippen LogP contribution in [0.15, 0.2) is 0 Å². The van der Waals surface area contributed by atoms with Crippen LogP contribution in [0.5, 0.6) is 0 Å². The van der Waals surface area contributed by atoms with Crippen molar-refractivity contribution in [2.24, 2.45) is 0 Å². The summed E-state index contributed by atoms with van der Waals surface area (Å²) >= 11 is 0. The third kappa shape index (κ3) is 10.1. The lowest BCUT2D eigenvalue weighted by Crippen LogP contribution is -2.50. The maximum atomic E-state index is 11.8. The minimum atomic E-state index is -1.03. The lowest BCUT2D eigenvalue weighted by atomic mass is 10.1. The van der Waals surface area contributed by atoms with Gasteiger partial charge >= 0.3 is 11.9 Å². The molecular formula is C13H27NO4. The van der Waals surface area contributed by atoms with Crippen molar-refractivity contribution in [2.45, 2.75) is 72.6 Å². The van der Waals surface area contributed by atoms with Crippen LogP contribution >= 0.6 is 0 Å². The van der Waals surface area contributed by atoms with Gasteiger partial charge in [0.1, 0.15) is 11.6 Å². The van der Waals surface area contributed by atoms with Crippen LogP contribution in [0.25, 0.3) is 0 Å². The van der Waals surface area contributed by atoms with Crippen LogP contribution in [0, 0.1) is 0 Å². The Balaban J connectivity index is 0. The van der Waals surface area contributed by atoms with Crippen molar-refractivity contribution in [1.82, 2.24) is 5.32 Å². The average Bonchev–Trinajstić information content (AvgIpc) is 1.95. The molecule has 0 radical (unpaired) electrons.